The lowest BCUT2D eigenvalue weighted by Gasteiger charge is -2.24. The molecule has 2 rings (SSSR count). The summed E-state index contributed by atoms with van der Waals surface area (Å²) in [7, 11) is 0. The standard InChI is InChI=1S/C10H14N2O5S/c13-6-1-7(10(16)17)12(2-6)8(14)3-11-5-18-4-9(11)15/h6-7,13H,1-5H2,(H,16,17)/t6-,7-/m0/s1. The van der Waals surface area contributed by atoms with E-state index in [1.165, 1.54) is 16.7 Å². The van der Waals surface area contributed by atoms with Crippen LogP contribution in [0.5, 0.6) is 0 Å². The molecule has 8 heteroatoms. The number of aliphatic carboxylic acids is 1. The van der Waals surface area contributed by atoms with E-state index in [9.17, 15) is 19.5 Å². The van der Waals surface area contributed by atoms with Crippen molar-refractivity contribution in [2.24, 2.45) is 0 Å². The van der Waals surface area contributed by atoms with Gasteiger partial charge in [-0.25, -0.2) is 4.79 Å². The first kappa shape index (κ1) is 13.2. The number of nitrogens with zero attached hydrogens (tertiary/aromatic N) is 2. The van der Waals surface area contributed by atoms with Crippen LogP contribution in [0.2, 0.25) is 0 Å². The van der Waals surface area contributed by atoms with Gasteiger partial charge in [0, 0.05) is 13.0 Å². The Morgan fingerprint density at radius 1 is 1.44 bits per heavy atom. The lowest BCUT2D eigenvalue weighted by Crippen LogP contribution is -2.46. The monoisotopic (exact) mass is 274 g/mol. The number of aliphatic hydroxyl groups is 1. The van der Waals surface area contributed by atoms with Crippen LogP contribution in [-0.2, 0) is 14.4 Å². The molecular formula is C10H14N2O5S. The van der Waals surface area contributed by atoms with Gasteiger partial charge in [-0.05, 0) is 0 Å². The predicted octanol–water partition coefficient (Wildman–Crippen LogP) is -1.43. The number of carbonyl (C=O) groups excluding carboxylic acids is 2. The van der Waals surface area contributed by atoms with E-state index in [0.717, 1.165) is 4.90 Å². The molecule has 0 radical (unpaired) electrons. The molecule has 2 N–H and O–H groups in total. The van der Waals surface area contributed by atoms with Gasteiger partial charge in [0.15, 0.2) is 0 Å². The van der Waals surface area contributed by atoms with Gasteiger partial charge in [-0.3, -0.25) is 9.59 Å². The summed E-state index contributed by atoms with van der Waals surface area (Å²) in [5.41, 5.74) is 0. The predicted molar refractivity (Wildman–Crippen MR) is 62.8 cm³/mol. The third kappa shape index (κ3) is 2.59. The Bertz CT molecular complexity index is 388. The highest BCUT2D eigenvalue weighted by Gasteiger charge is 2.39. The fourth-order valence-corrected chi connectivity index (χ4v) is 3.02. The Balaban J connectivity index is 1.99. The van der Waals surface area contributed by atoms with Crippen LogP contribution in [0.15, 0.2) is 0 Å². The maximum atomic E-state index is 12.0. The molecule has 7 nitrogen and oxygen atoms in total. The van der Waals surface area contributed by atoms with E-state index < -0.39 is 24.0 Å². The highest BCUT2D eigenvalue weighted by Crippen LogP contribution is 2.20. The first-order valence-electron chi connectivity index (χ1n) is 5.55. The Labute approximate surface area is 108 Å². The van der Waals surface area contributed by atoms with Crippen LogP contribution in [0.1, 0.15) is 6.42 Å². The second-order valence-electron chi connectivity index (χ2n) is 4.36. The van der Waals surface area contributed by atoms with E-state index >= 15 is 0 Å². The molecule has 2 amide bonds. The summed E-state index contributed by atoms with van der Waals surface area (Å²) in [5, 5.41) is 18.4. The zero-order valence-corrected chi connectivity index (χ0v) is 10.4. The van der Waals surface area contributed by atoms with Gasteiger partial charge in [0.1, 0.15) is 12.6 Å². The normalized spacial score (nSPS) is 27.9. The van der Waals surface area contributed by atoms with Crippen LogP contribution in [0.4, 0.5) is 0 Å². The quantitative estimate of drug-likeness (QED) is 0.654. The van der Waals surface area contributed by atoms with E-state index in [4.69, 9.17) is 5.11 Å². The fraction of sp³-hybridized carbons (Fsp3) is 0.700. The van der Waals surface area contributed by atoms with E-state index in [-0.39, 0.29) is 25.4 Å². The van der Waals surface area contributed by atoms with Crippen LogP contribution >= 0.6 is 11.8 Å². The third-order valence-electron chi connectivity index (χ3n) is 3.04. The van der Waals surface area contributed by atoms with Gasteiger partial charge in [0.05, 0.1) is 17.7 Å². The van der Waals surface area contributed by atoms with Crippen molar-refractivity contribution in [1.82, 2.24) is 9.80 Å². The smallest absolute Gasteiger partial charge is 0.326 e. The Morgan fingerprint density at radius 3 is 2.72 bits per heavy atom. The van der Waals surface area contributed by atoms with Crippen molar-refractivity contribution in [2.45, 2.75) is 18.6 Å². The summed E-state index contributed by atoms with van der Waals surface area (Å²) >= 11 is 1.42. The molecule has 0 unspecified atom stereocenters. The van der Waals surface area contributed by atoms with Crippen molar-refractivity contribution in [1.29, 1.82) is 0 Å². The van der Waals surface area contributed by atoms with E-state index in [1.807, 2.05) is 0 Å². The Hall–Kier alpha value is -1.28. The maximum Gasteiger partial charge on any atom is 0.326 e. The van der Waals surface area contributed by atoms with Crippen LogP contribution < -0.4 is 0 Å². The SMILES string of the molecule is O=C(O)[C@@H]1C[C@H](O)CN1C(=O)CN1CSCC1=O. The van der Waals surface area contributed by atoms with Crippen molar-refractivity contribution in [2.75, 3.05) is 24.7 Å². The van der Waals surface area contributed by atoms with Gasteiger partial charge < -0.3 is 20.0 Å². The number of β-amino-alcohol motifs (C(OH)–C–C–N with tert-alkyl or cyclic N) is 1. The summed E-state index contributed by atoms with van der Waals surface area (Å²) in [4.78, 5) is 36.8. The fourth-order valence-electron chi connectivity index (χ4n) is 2.12. The lowest BCUT2D eigenvalue weighted by molar-refractivity contribution is -0.149. The average molecular weight is 274 g/mol. The minimum absolute atomic E-state index is 0.0188. The van der Waals surface area contributed by atoms with Crippen LogP contribution in [0, 0.1) is 0 Å². The van der Waals surface area contributed by atoms with Gasteiger partial charge in [0.2, 0.25) is 11.8 Å². The molecule has 100 valence electrons. The summed E-state index contributed by atoms with van der Waals surface area (Å²) in [6, 6.07) is -0.988. The number of thioether (sulfide) groups is 1. The van der Waals surface area contributed by atoms with E-state index in [1.54, 1.807) is 0 Å². The summed E-state index contributed by atoms with van der Waals surface area (Å²) < 4.78 is 0. The third-order valence-corrected chi connectivity index (χ3v) is 3.98. The topological polar surface area (TPSA) is 98.2 Å². The molecule has 2 heterocycles. The highest BCUT2D eigenvalue weighted by molar-refractivity contribution is 8.00. The second-order valence-corrected chi connectivity index (χ2v) is 5.31. The molecule has 0 aromatic rings. The van der Waals surface area contributed by atoms with Crippen molar-refractivity contribution in [3.8, 4) is 0 Å². The molecule has 0 aromatic carbocycles. The second kappa shape index (κ2) is 5.15. The molecular weight excluding hydrogens is 260 g/mol. The van der Waals surface area contributed by atoms with Gasteiger partial charge in [0.25, 0.3) is 0 Å². The molecule has 2 aliphatic heterocycles. The van der Waals surface area contributed by atoms with Crippen LogP contribution in [0.3, 0.4) is 0 Å². The number of amides is 2. The first-order valence-corrected chi connectivity index (χ1v) is 6.70. The number of hydrogen-bond acceptors (Lipinski definition) is 5. The van der Waals surface area contributed by atoms with Gasteiger partial charge >= 0.3 is 5.97 Å². The molecule has 2 fully saturated rings. The number of carboxylic acid groups (broad SMARTS) is 1. The Kier molecular flexibility index (Phi) is 3.76. The maximum absolute atomic E-state index is 12.0. The molecule has 0 bridgehead atoms. The molecule has 18 heavy (non-hydrogen) atoms. The van der Waals surface area contributed by atoms with E-state index in [0.29, 0.717) is 11.6 Å². The number of aliphatic hydroxyl groups excluding tert-OH is 1. The number of likely N-dealkylation sites (tertiary alicyclic amines) is 1. The van der Waals surface area contributed by atoms with Crippen molar-refractivity contribution >= 4 is 29.5 Å². The number of carbonyl (C=O) groups is 3. The molecule has 0 spiro atoms. The van der Waals surface area contributed by atoms with E-state index in [2.05, 4.69) is 0 Å². The summed E-state index contributed by atoms with van der Waals surface area (Å²) in [6.07, 6.45) is -0.761. The summed E-state index contributed by atoms with van der Waals surface area (Å²) in [6.45, 7) is -0.0900. The van der Waals surface area contributed by atoms with Crippen LogP contribution in [0.25, 0.3) is 0 Å². The molecule has 2 atom stereocenters. The number of hydrogen-bond donors (Lipinski definition) is 2. The minimum Gasteiger partial charge on any atom is -0.480 e. The van der Waals surface area contributed by atoms with Crippen molar-refractivity contribution in [3.63, 3.8) is 0 Å². The molecule has 2 saturated heterocycles. The van der Waals surface area contributed by atoms with Gasteiger partial charge in [-0.15, -0.1) is 11.8 Å². The van der Waals surface area contributed by atoms with Crippen molar-refractivity contribution < 1.29 is 24.6 Å². The van der Waals surface area contributed by atoms with Gasteiger partial charge in [-0.1, -0.05) is 0 Å². The van der Waals surface area contributed by atoms with Crippen LogP contribution in [-0.4, -0.2) is 74.7 Å². The molecule has 0 aromatic heterocycles. The lowest BCUT2D eigenvalue weighted by atomic mass is 10.2. The molecule has 2 aliphatic rings. The zero-order valence-electron chi connectivity index (χ0n) is 9.61. The zero-order chi connectivity index (χ0) is 13.3. The molecule has 0 saturated carbocycles. The highest BCUT2D eigenvalue weighted by atomic mass is 32.2. The van der Waals surface area contributed by atoms with Gasteiger partial charge in [-0.2, -0.15) is 0 Å². The minimum atomic E-state index is -1.12. The first-order chi connectivity index (χ1) is 8.49. The number of rotatable bonds is 3. The number of carboxylic acids is 1. The van der Waals surface area contributed by atoms with Crippen molar-refractivity contribution in [3.05, 3.63) is 0 Å². The average Bonchev–Trinajstić information content (AvgIpc) is 2.86. The summed E-state index contributed by atoms with van der Waals surface area (Å²) in [5.74, 6) is -0.839. The molecule has 0 aliphatic carbocycles. The Morgan fingerprint density at radius 2 is 2.17 bits per heavy atom. The largest absolute Gasteiger partial charge is 0.480 e.